The summed E-state index contributed by atoms with van der Waals surface area (Å²) in [5.74, 6) is -0.250. The van der Waals surface area contributed by atoms with E-state index in [1.54, 1.807) is 6.07 Å². The van der Waals surface area contributed by atoms with Crippen LogP contribution < -0.4 is 4.90 Å². The topological polar surface area (TPSA) is 23.5 Å². The number of benzene rings is 1. The first-order valence-corrected chi connectivity index (χ1v) is 4.78. The van der Waals surface area contributed by atoms with Crippen LogP contribution in [0.15, 0.2) is 24.3 Å². The van der Waals surface area contributed by atoms with Gasteiger partial charge in [-0.3, -0.25) is 0 Å². The summed E-state index contributed by atoms with van der Waals surface area (Å²) >= 11 is 0. The Morgan fingerprint density at radius 3 is 2.79 bits per heavy atom. The van der Waals surface area contributed by atoms with Crippen LogP contribution in [0.4, 0.5) is 10.1 Å². The molecular formula is C11H16FNO. The van der Waals surface area contributed by atoms with Gasteiger partial charge < -0.3 is 10.0 Å². The van der Waals surface area contributed by atoms with E-state index in [1.807, 2.05) is 24.9 Å². The molecule has 0 aliphatic heterocycles. The maximum atomic E-state index is 12.9. The van der Waals surface area contributed by atoms with Gasteiger partial charge >= 0.3 is 0 Å². The van der Waals surface area contributed by atoms with Gasteiger partial charge in [-0.1, -0.05) is 13.0 Å². The average molecular weight is 197 g/mol. The molecule has 0 spiro atoms. The molecule has 1 atom stereocenters. The molecule has 14 heavy (non-hydrogen) atoms. The van der Waals surface area contributed by atoms with Crippen molar-refractivity contribution in [3.63, 3.8) is 0 Å². The van der Waals surface area contributed by atoms with Gasteiger partial charge in [-0.2, -0.15) is 0 Å². The van der Waals surface area contributed by atoms with E-state index in [2.05, 4.69) is 0 Å². The SMILES string of the molecule is CCC(O)CN(C)c1cccc(F)c1. The molecule has 0 fully saturated rings. The second kappa shape index (κ2) is 4.96. The van der Waals surface area contributed by atoms with Crippen molar-refractivity contribution in [1.29, 1.82) is 0 Å². The van der Waals surface area contributed by atoms with Gasteiger partial charge in [0.15, 0.2) is 0 Å². The number of aliphatic hydroxyl groups is 1. The number of rotatable bonds is 4. The summed E-state index contributed by atoms with van der Waals surface area (Å²) in [6, 6.07) is 6.36. The monoisotopic (exact) mass is 197 g/mol. The maximum Gasteiger partial charge on any atom is 0.125 e. The van der Waals surface area contributed by atoms with Crippen molar-refractivity contribution in [3.8, 4) is 0 Å². The molecule has 0 heterocycles. The van der Waals surface area contributed by atoms with Gasteiger partial charge in [0.1, 0.15) is 5.82 Å². The Kier molecular flexibility index (Phi) is 3.89. The average Bonchev–Trinajstić information content (AvgIpc) is 2.17. The van der Waals surface area contributed by atoms with Crippen LogP contribution >= 0.6 is 0 Å². The number of aliphatic hydroxyl groups excluding tert-OH is 1. The predicted molar refractivity (Wildman–Crippen MR) is 56.0 cm³/mol. The van der Waals surface area contributed by atoms with E-state index in [9.17, 15) is 9.50 Å². The van der Waals surface area contributed by atoms with Crippen molar-refractivity contribution in [2.24, 2.45) is 0 Å². The number of likely N-dealkylation sites (N-methyl/N-ethyl adjacent to an activating group) is 1. The third-order valence-electron chi connectivity index (χ3n) is 2.20. The third-order valence-corrected chi connectivity index (χ3v) is 2.20. The first kappa shape index (κ1) is 11.0. The van der Waals surface area contributed by atoms with Crippen molar-refractivity contribution in [1.82, 2.24) is 0 Å². The quantitative estimate of drug-likeness (QED) is 0.798. The van der Waals surface area contributed by atoms with E-state index < -0.39 is 0 Å². The van der Waals surface area contributed by atoms with E-state index in [0.717, 1.165) is 5.69 Å². The van der Waals surface area contributed by atoms with Gasteiger partial charge in [0.05, 0.1) is 6.10 Å². The molecule has 1 N–H and O–H groups in total. The Hall–Kier alpha value is -1.09. The van der Waals surface area contributed by atoms with Crippen molar-refractivity contribution < 1.29 is 9.50 Å². The van der Waals surface area contributed by atoms with Crippen LogP contribution in [0.25, 0.3) is 0 Å². The van der Waals surface area contributed by atoms with Crippen molar-refractivity contribution in [3.05, 3.63) is 30.1 Å². The predicted octanol–water partition coefficient (Wildman–Crippen LogP) is 2.03. The van der Waals surface area contributed by atoms with E-state index in [1.165, 1.54) is 12.1 Å². The van der Waals surface area contributed by atoms with Crippen molar-refractivity contribution in [2.75, 3.05) is 18.5 Å². The first-order chi connectivity index (χ1) is 6.63. The maximum absolute atomic E-state index is 12.9. The van der Waals surface area contributed by atoms with Crippen LogP contribution in [0.2, 0.25) is 0 Å². The molecule has 2 nitrogen and oxygen atoms in total. The van der Waals surface area contributed by atoms with Crippen molar-refractivity contribution >= 4 is 5.69 Å². The highest BCUT2D eigenvalue weighted by atomic mass is 19.1. The molecule has 78 valence electrons. The minimum atomic E-state index is -0.358. The van der Waals surface area contributed by atoms with Gasteiger partial charge in [0.2, 0.25) is 0 Å². The van der Waals surface area contributed by atoms with Crippen LogP contribution in [0.1, 0.15) is 13.3 Å². The molecule has 0 aromatic heterocycles. The Labute approximate surface area is 84.0 Å². The molecule has 1 unspecified atom stereocenters. The van der Waals surface area contributed by atoms with Gasteiger partial charge in [0, 0.05) is 19.3 Å². The standard InChI is InChI=1S/C11H16FNO/c1-3-11(14)8-13(2)10-6-4-5-9(12)7-10/h4-7,11,14H,3,8H2,1-2H3. The minimum Gasteiger partial charge on any atom is -0.391 e. The Morgan fingerprint density at radius 1 is 1.50 bits per heavy atom. The van der Waals surface area contributed by atoms with E-state index in [-0.39, 0.29) is 11.9 Å². The summed E-state index contributed by atoms with van der Waals surface area (Å²) < 4.78 is 12.9. The highest BCUT2D eigenvalue weighted by Gasteiger charge is 2.06. The lowest BCUT2D eigenvalue weighted by molar-refractivity contribution is 0.177. The molecule has 1 aromatic carbocycles. The number of halogens is 1. The van der Waals surface area contributed by atoms with Crippen LogP contribution in [0.3, 0.4) is 0 Å². The molecule has 0 radical (unpaired) electrons. The second-order valence-corrected chi connectivity index (χ2v) is 3.42. The largest absolute Gasteiger partial charge is 0.391 e. The lowest BCUT2D eigenvalue weighted by Gasteiger charge is -2.21. The molecule has 1 aromatic rings. The normalized spacial score (nSPS) is 12.6. The molecule has 0 saturated heterocycles. The number of hydrogen-bond donors (Lipinski definition) is 1. The minimum absolute atomic E-state index is 0.250. The zero-order valence-electron chi connectivity index (χ0n) is 8.57. The highest BCUT2D eigenvalue weighted by Crippen LogP contribution is 2.14. The van der Waals surface area contributed by atoms with E-state index in [0.29, 0.717) is 13.0 Å². The number of nitrogens with zero attached hydrogens (tertiary/aromatic N) is 1. The number of hydrogen-bond acceptors (Lipinski definition) is 2. The summed E-state index contributed by atoms with van der Waals surface area (Å²) in [5.41, 5.74) is 0.789. The first-order valence-electron chi connectivity index (χ1n) is 4.78. The fraction of sp³-hybridized carbons (Fsp3) is 0.455. The smallest absolute Gasteiger partial charge is 0.125 e. The van der Waals surface area contributed by atoms with Gasteiger partial charge in [-0.05, 0) is 24.6 Å². The van der Waals surface area contributed by atoms with Crippen LogP contribution in [0, 0.1) is 5.82 Å². The Morgan fingerprint density at radius 2 is 2.21 bits per heavy atom. The lowest BCUT2D eigenvalue weighted by atomic mass is 10.2. The summed E-state index contributed by atoms with van der Waals surface area (Å²) in [7, 11) is 1.84. The van der Waals surface area contributed by atoms with Gasteiger partial charge in [-0.25, -0.2) is 4.39 Å². The zero-order chi connectivity index (χ0) is 10.6. The summed E-state index contributed by atoms with van der Waals surface area (Å²) in [4.78, 5) is 1.84. The molecule has 0 saturated carbocycles. The van der Waals surface area contributed by atoms with Crippen LogP contribution in [-0.4, -0.2) is 24.8 Å². The molecule has 0 bridgehead atoms. The fourth-order valence-corrected chi connectivity index (χ4v) is 1.26. The molecule has 0 aliphatic carbocycles. The molecular weight excluding hydrogens is 181 g/mol. The number of anilines is 1. The third kappa shape index (κ3) is 3.00. The fourth-order valence-electron chi connectivity index (χ4n) is 1.26. The molecule has 3 heteroatoms. The van der Waals surface area contributed by atoms with Crippen LogP contribution in [-0.2, 0) is 0 Å². The summed E-state index contributed by atoms with van der Waals surface area (Å²) in [6.45, 7) is 2.45. The summed E-state index contributed by atoms with van der Waals surface area (Å²) in [5, 5.41) is 9.42. The molecule has 1 rings (SSSR count). The second-order valence-electron chi connectivity index (χ2n) is 3.42. The van der Waals surface area contributed by atoms with Gasteiger partial charge in [-0.15, -0.1) is 0 Å². The van der Waals surface area contributed by atoms with E-state index >= 15 is 0 Å². The van der Waals surface area contributed by atoms with E-state index in [4.69, 9.17) is 0 Å². The van der Waals surface area contributed by atoms with Crippen molar-refractivity contribution in [2.45, 2.75) is 19.4 Å². The zero-order valence-corrected chi connectivity index (χ0v) is 8.57. The highest BCUT2D eigenvalue weighted by molar-refractivity contribution is 5.45. The Balaban J connectivity index is 2.64. The van der Waals surface area contributed by atoms with Crippen LogP contribution in [0.5, 0.6) is 0 Å². The Bertz CT molecular complexity index is 290. The molecule has 0 aliphatic rings. The summed E-state index contributed by atoms with van der Waals surface area (Å²) in [6.07, 6.45) is 0.350. The lowest BCUT2D eigenvalue weighted by Crippen LogP contribution is -2.28. The van der Waals surface area contributed by atoms with Gasteiger partial charge in [0.25, 0.3) is 0 Å². The molecule has 0 amide bonds.